The molecular formula is C28H31ClFN5O3. The van der Waals surface area contributed by atoms with Gasteiger partial charge in [-0.1, -0.05) is 17.7 Å². The summed E-state index contributed by atoms with van der Waals surface area (Å²) in [6.45, 7) is 3.19. The lowest BCUT2D eigenvalue weighted by Gasteiger charge is -2.30. The zero-order valence-electron chi connectivity index (χ0n) is 21.3. The van der Waals surface area contributed by atoms with Crippen molar-refractivity contribution in [2.75, 3.05) is 44.0 Å². The molecule has 2 aromatic carbocycles. The molecule has 38 heavy (non-hydrogen) atoms. The SMILES string of the molecule is COC1CCN(C/C=C/C(=O)Nc2cc3c(Nc4ccc(F)c(Cl)c4)ncnc3cc2OCC2CC2)CC1. The molecule has 2 heterocycles. The molecule has 10 heteroatoms. The molecule has 8 nitrogen and oxygen atoms in total. The normalized spacial score (nSPS) is 16.7. The standard InChI is InChI=1S/C28H31ClFN5O3/c1-37-20-8-11-35(12-9-20)10-2-3-27(36)34-25-14-21-24(15-26(25)38-16-18-4-5-18)31-17-32-28(21)33-19-6-7-23(30)22(29)13-19/h2-3,6-7,13-15,17-18,20H,4-5,8-12,16H2,1H3,(H,34,36)(H,31,32,33)/b3-2+. The van der Waals surface area contributed by atoms with Gasteiger partial charge in [0.25, 0.3) is 0 Å². The maximum atomic E-state index is 13.6. The number of halogens is 2. The zero-order valence-corrected chi connectivity index (χ0v) is 22.0. The molecular weight excluding hydrogens is 509 g/mol. The number of aromatic nitrogens is 2. The predicted molar refractivity (Wildman–Crippen MR) is 147 cm³/mol. The number of carbonyl (C=O) groups is 1. The van der Waals surface area contributed by atoms with Gasteiger partial charge >= 0.3 is 0 Å². The van der Waals surface area contributed by atoms with Gasteiger partial charge in [0.2, 0.25) is 5.91 Å². The Morgan fingerprint density at radius 3 is 2.74 bits per heavy atom. The van der Waals surface area contributed by atoms with Gasteiger partial charge in [0.05, 0.1) is 28.9 Å². The van der Waals surface area contributed by atoms with E-state index in [2.05, 4.69) is 25.5 Å². The molecule has 0 bridgehead atoms. The Kier molecular flexibility index (Phi) is 8.36. The van der Waals surface area contributed by atoms with Crippen molar-refractivity contribution >= 4 is 45.6 Å². The zero-order chi connectivity index (χ0) is 26.5. The first-order chi connectivity index (χ1) is 18.5. The molecule has 1 aliphatic carbocycles. The van der Waals surface area contributed by atoms with Crippen molar-refractivity contribution in [2.24, 2.45) is 5.92 Å². The lowest BCUT2D eigenvalue weighted by atomic mass is 10.1. The number of rotatable bonds is 10. The Hall–Kier alpha value is -3.27. The Morgan fingerprint density at radius 1 is 1.18 bits per heavy atom. The number of fused-ring (bicyclic) bond motifs is 1. The first-order valence-electron chi connectivity index (χ1n) is 12.8. The van der Waals surface area contributed by atoms with Crippen molar-refractivity contribution in [3.05, 3.63) is 59.7 Å². The number of nitrogens with one attached hydrogen (secondary N) is 2. The molecule has 1 aromatic heterocycles. The third kappa shape index (κ3) is 6.78. The highest BCUT2D eigenvalue weighted by atomic mass is 35.5. The van der Waals surface area contributed by atoms with Gasteiger partial charge in [-0.15, -0.1) is 0 Å². The van der Waals surface area contributed by atoms with E-state index in [9.17, 15) is 9.18 Å². The summed E-state index contributed by atoms with van der Waals surface area (Å²) in [7, 11) is 1.75. The second-order valence-electron chi connectivity index (χ2n) is 9.72. The van der Waals surface area contributed by atoms with Crippen LogP contribution in [0.5, 0.6) is 5.75 Å². The van der Waals surface area contributed by atoms with Crippen LogP contribution in [0.3, 0.4) is 0 Å². The Labute approximate surface area is 226 Å². The number of nitrogens with zero attached hydrogens (tertiary/aromatic N) is 3. The van der Waals surface area contributed by atoms with Crippen molar-refractivity contribution in [1.29, 1.82) is 0 Å². The molecule has 200 valence electrons. The summed E-state index contributed by atoms with van der Waals surface area (Å²) < 4.78 is 25.1. The van der Waals surface area contributed by atoms with Crippen LogP contribution in [0, 0.1) is 11.7 Å². The number of anilines is 3. The van der Waals surface area contributed by atoms with E-state index in [1.807, 2.05) is 12.1 Å². The van der Waals surface area contributed by atoms with E-state index < -0.39 is 5.82 Å². The number of hydrogen-bond acceptors (Lipinski definition) is 7. The summed E-state index contributed by atoms with van der Waals surface area (Å²) in [5, 5.41) is 6.81. The Bertz CT molecular complexity index is 1330. The van der Waals surface area contributed by atoms with E-state index in [0.29, 0.717) is 59.0 Å². The van der Waals surface area contributed by atoms with E-state index in [1.165, 1.54) is 18.5 Å². The first kappa shape index (κ1) is 26.3. The van der Waals surface area contributed by atoms with Crippen LogP contribution < -0.4 is 15.4 Å². The lowest BCUT2D eigenvalue weighted by molar-refractivity contribution is -0.111. The van der Waals surface area contributed by atoms with Gasteiger partial charge in [0.1, 0.15) is 23.7 Å². The van der Waals surface area contributed by atoms with E-state index >= 15 is 0 Å². The van der Waals surface area contributed by atoms with Gasteiger partial charge in [-0.25, -0.2) is 14.4 Å². The van der Waals surface area contributed by atoms with Crippen LogP contribution >= 0.6 is 11.6 Å². The number of carbonyl (C=O) groups excluding carboxylic acids is 1. The minimum absolute atomic E-state index is 0.00642. The van der Waals surface area contributed by atoms with E-state index in [4.69, 9.17) is 21.1 Å². The largest absolute Gasteiger partial charge is 0.491 e. The molecule has 0 radical (unpaired) electrons. The van der Waals surface area contributed by atoms with Crippen LogP contribution in [0.4, 0.5) is 21.6 Å². The highest BCUT2D eigenvalue weighted by Crippen LogP contribution is 2.36. The van der Waals surface area contributed by atoms with Crippen molar-refractivity contribution in [2.45, 2.75) is 31.8 Å². The van der Waals surface area contributed by atoms with E-state index in [-0.39, 0.29) is 10.9 Å². The summed E-state index contributed by atoms with van der Waals surface area (Å²) in [5.41, 5.74) is 1.76. The quantitative estimate of drug-likeness (QED) is 0.326. The smallest absolute Gasteiger partial charge is 0.248 e. The maximum absolute atomic E-state index is 13.6. The van der Waals surface area contributed by atoms with Gasteiger partial charge in [0.15, 0.2) is 0 Å². The van der Waals surface area contributed by atoms with Gasteiger partial charge in [0, 0.05) is 50.0 Å². The highest BCUT2D eigenvalue weighted by Gasteiger charge is 2.23. The average molecular weight is 540 g/mol. The molecule has 5 rings (SSSR count). The molecule has 2 aliphatic rings. The van der Waals surface area contributed by atoms with Crippen molar-refractivity contribution in [3.63, 3.8) is 0 Å². The summed E-state index contributed by atoms with van der Waals surface area (Å²) in [4.78, 5) is 23.9. The van der Waals surface area contributed by atoms with Crippen LogP contribution in [0.1, 0.15) is 25.7 Å². The minimum atomic E-state index is -0.500. The molecule has 3 aromatic rings. The minimum Gasteiger partial charge on any atom is -0.491 e. The second-order valence-corrected chi connectivity index (χ2v) is 10.1. The maximum Gasteiger partial charge on any atom is 0.248 e. The molecule has 1 aliphatic heterocycles. The van der Waals surface area contributed by atoms with Gasteiger partial charge in [-0.05, 0) is 55.9 Å². The van der Waals surface area contributed by atoms with Crippen LogP contribution in [0.15, 0.2) is 48.8 Å². The van der Waals surface area contributed by atoms with E-state index in [1.54, 1.807) is 25.3 Å². The third-order valence-corrected chi connectivity index (χ3v) is 7.14. The van der Waals surface area contributed by atoms with Crippen molar-refractivity contribution in [1.82, 2.24) is 14.9 Å². The average Bonchev–Trinajstić information content (AvgIpc) is 3.75. The summed E-state index contributed by atoms with van der Waals surface area (Å²) in [6.07, 6.45) is 9.49. The van der Waals surface area contributed by atoms with E-state index in [0.717, 1.165) is 38.8 Å². The second kappa shape index (κ2) is 12.1. The molecule has 2 fully saturated rings. The van der Waals surface area contributed by atoms with Gasteiger partial charge < -0.3 is 20.1 Å². The van der Waals surface area contributed by atoms with Gasteiger partial charge in [-0.2, -0.15) is 0 Å². The molecule has 1 saturated carbocycles. The molecule has 2 N–H and O–H groups in total. The number of hydrogen-bond donors (Lipinski definition) is 2. The van der Waals surface area contributed by atoms with Crippen molar-refractivity contribution < 1.29 is 18.7 Å². The lowest BCUT2D eigenvalue weighted by Crippen LogP contribution is -2.36. The number of likely N-dealkylation sites (tertiary alicyclic amines) is 1. The number of ether oxygens (including phenoxy) is 2. The monoisotopic (exact) mass is 539 g/mol. The summed E-state index contributed by atoms with van der Waals surface area (Å²) in [5.74, 6) is 0.852. The van der Waals surface area contributed by atoms with Crippen LogP contribution in [-0.2, 0) is 9.53 Å². The third-order valence-electron chi connectivity index (χ3n) is 6.85. The summed E-state index contributed by atoms with van der Waals surface area (Å²) in [6, 6.07) is 7.96. The Morgan fingerprint density at radius 2 is 2.00 bits per heavy atom. The number of piperidine rings is 1. The molecule has 1 amide bonds. The topological polar surface area (TPSA) is 88.6 Å². The highest BCUT2D eigenvalue weighted by molar-refractivity contribution is 6.31. The fourth-order valence-electron chi connectivity index (χ4n) is 4.41. The van der Waals surface area contributed by atoms with Gasteiger partial charge in [-0.3, -0.25) is 9.69 Å². The number of amides is 1. The number of methoxy groups -OCH3 is 1. The molecule has 0 spiro atoms. The fourth-order valence-corrected chi connectivity index (χ4v) is 4.59. The Balaban J connectivity index is 1.34. The first-order valence-corrected chi connectivity index (χ1v) is 13.2. The molecule has 1 saturated heterocycles. The fraction of sp³-hybridized carbons (Fsp3) is 0.393. The molecule has 0 unspecified atom stereocenters. The van der Waals surface area contributed by atoms with Crippen molar-refractivity contribution in [3.8, 4) is 5.75 Å². The predicted octanol–water partition coefficient (Wildman–Crippen LogP) is 5.56. The number of benzene rings is 2. The summed E-state index contributed by atoms with van der Waals surface area (Å²) >= 11 is 5.94. The van der Waals surface area contributed by atoms with Crippen LogP contribution in [0.2, 0.25) is 5.02 Å². The van der Waals surface area contributed by atoms with Crippen LogP contribution in [0.25, 0.3) is 10.9 Å². The molecule has 0 atom stereocenters. The van der Waals surface area contributed by atoms with Crippen LogP contribution in [-0.4, -0.2) is 60.2 Å².